The maximum absolute atomic E-state index is 12.6. The van der Waals surface area contributed by atoms with Crippen molar-refractivity contribution in [2.75, 3.05) is 12.4 Å². The van der Waals surface area contributed by atoms with E-state index in [1.165, 1.54) is 6.20 Å². The summed E-state index contributed by atoms with van der Waals surface area (Å²) in [5, 5.41) is 3.47. The Morgan fingerprint density at radius 2 is 1.91 bits per heavy atom. The molecule has 0 aliphatic heterocycles. The van der Waals surface area contributed by atoms with Crippen LogP contribution in [0.4, 0.5) is 5.95 Å². The Kier molecular flexibility index (Phi) is 3.76. The van der Waals surface area contributed by atoms with Crippen LogP contribution in [0.5, 0.6) is 0 Å². The van der Waals surface area contributed by atoms with E-state index >= 15 is 0 Å². The summed E-state index contributed by atoms with van der Waals surface area (Å²) in [5.74, 6) is 0.154. The van der Waals surface area contributed by atoms with Crippen LogP contribution in [0.2, 0.25) is 5.15 Å². The fourth-order valence-electron chi connectivity index (χ4n) is 2.15. The molecule has 0 saturated carbocycles. The zero-order valence-corrected chi connectivity index (χ0v) is 13.3. The monoisotopic (exact) mass is 336 g/mol. The second-order valence-corrected chi connectivity index (χ2v) is 6.88. The predicted molar refractivity (Wildman–Crippen MR) is 86.5 cm³/mol. The summed E-state index contributed by atoms with van der Waals surface area (Å²) < 4.78 is 26.4. The second kappa shape index (κ2) is 5.58. The number of fused-ring (bicyclic) bond motifs is 1. The highest BCUT2D eigenvalue weighted by molar-refractivity contribution is 7.89. The average molecular weight is 337 g/mol. The van der Waals surface area contributed by atoms with Crippen LogP contribution in [-0.4, -0.2) is 29.4 Å². The SMILES string of the molecule is CNc1nc(Cl)c2ccn(S(=O)(=O)Cc3ccccc3)c2n1. The van der Waals surface area contributed by atoms with Crippen molar-refractivity contribution in [1.29, 1.82) is 0 Å². The molecule has 0 aliphatic carbocycles. The molecule has 0 saturated heterocycles. The zero-order valence-electron chi connectivity index (χ0n) is 11.7. The summed E-state index contributed by atoms with van der Waals surface area (Å²) in [6.45, 7) is 0. The third kappa shape index (κ3) is 2.65. The van der Waals surface area contributed by atoms with Gasteiger partial charge in [0.25, 0.3) is 0 Å². The van der Waals surface area contributed by atoms with E-state index in [1.807, 2.05) is 6.07 Å². The number of anilines is 1. The van der Waals surface area contributed by atoms with Crippen molar-refractivity contribution in [3.63, 3.8) is 0 Å². The Balaban J connectivity index is 2.11. The molecule has 22 heavy (non-hydrogen) atoms. The van der Waals surface area contributed by atoms with Gasteiger partial charge in [0, 0.05) is 13.2 Å². The molecule has 0 spiro atoms. The van der Waals surface area contributed by atoms with Crippen molar-refractivity contribution >= 4 is 38.6 Å². The summed E-state index contributed by atoms with van der Waals surface area (Å²) >= 11 is 6.07. The molecule has 0 bridgehead atoms. The summed E-state index contributed by atoms with van der Waals surface area (Å²) in [5.41, 5.74) is 0.971. The normalized spacial score (nSPS) is 11.7. The Morgan fingerprint density at radius 3 is 2.59 bits per heavy atom. The third-order valence-electron chi connectivity index (χ3n) is 3.18. The van der Waals surface area contributed by atoms with Crippen LogP contribution in [0.1, 0.15) is 5.56 Å². The first-order valence-electron chi connectivity index (χ1n) is 6.51. The molecule has 0 unspecified atom stereocenters. The number of nitrogens with zero attached hydrogens (tertiary/aromatic N) is 3. The van der Waals surface area contributed by atoms with Gasteiger partial charge in [-0.05, 0) is 11.6 Å². The van der Waals surface area contributed by atoms with Gasteiger partial charge in [0.2, 0.25) is 16.0 Å². The number of halogens is 1. The lowest BCUT2D eigenvalue weighted by atomic mass is 10.2. The minimum atomic E-state index is -3.60. The molecule has 0 atom stereocenters. The van der Waals surface area contributed by atoms with Gasteiger partial charge < -0.3 is 5.32 Å². The highest BCUT2D eigenvalue weighted by Gasteiger charge is 2.19. The highest BCUT2D eigenvalue weighted by atomic mass is 35.5. The molecule has 0 aliphatic rings. The molecule has 8 heteroatoms. The van der Waals surface area contributed by atoms with Gasteiger partial charge in [0.05, 0.1) is 11.1 Å². The van der Waals surface area contributed by atoms with E-state index in [0.717, 1.165) is 3.97 Å². The molecule has 6 nitrogen and oxygen atoms in total. The lowest BCUT2D eigenvalue weighted by molar-refractivity contribution is 0.588. The van der Waals surface area contributed by atoms with Crippen LogP contribution in [-0.2, 0) is 15.8 Å². The van der Waals surface area contributed by atoms with Crippen molar-refractivity contribution < 1.29 is 8.42 Å². The zero-order chi connectivity index (χ0) is 15.7. The van der Waals surface area contributed by atoms with Gasteiger partial charge in [-0.1, -0.05) is 41.9 Å². The number of aromatic nitrogens is 3. The number of hydrogen-bond donors (Lipinski definition) is 1. The van der Waals surface area contributed by atoms with Crippen LogP contribution in [0.15, 0.2) is 42.6 Å². The fourth-order valence-corrected chi connectivity index (χ4v) is 3.78. The van der Waals surface area contributed by atoms with Gasteiger partial charge in [-0.15, -0.1) is 0 Å². The largest absolute Gasteiger partial charge is 0.357 e. The molecular formula is C14H13ClN4O2S. The van der Waals surface area contributed by atoms with Crippen molar-refractivity contribution in [1.82, 2.24) is 13.9 Å². The van der Waals surface area contributed by atoms with E-state index in [1.54, 1.807) is 37.4 Å². The lowest BCUT2D eigenvalue weighted by Gasteiger charge is -2.08. The minimum Gasteiger partial charge on any atom is -0.357 e. The highest BCUT2D eigenvalue weighted by Crippen LogP contribution is 2.25. The van der Waals surface area contributed by atoms with Crippen molar-refractivity contribution in [2.45, 2.75) is 5.75 Å². The van der Waals surface area contributed by atoms with Gasteiger partial charge in [-0.2, -0.15) is 4.98 Å². The Labute approximate surface area is 132 Å². The van der Waals surface area contributed by atoms with Crippen molar-refractivity contribution in [3.05, 3.63) is 53.3 Å². The molecule has 2 aromatic heterocycles. The van der Waals surface area contributed by atoms with Crippen molar-refractivity contribution in [3.8, 4) is 0 Å². The standard InChI is InChI=1S/C14H13ClN4O2S/c1-16-14-17-12(15)11-7-8-19(13(11)18-14)22(20,21)9-10-5-3-2-4-6-10/h2-8H,9H2,1H3,(H,16,17,18). The number of rotatable bonds is 4. The smallest absolute Gasteiger partial charge is 0.244 e. The fraction of sp³-hybridized carbons (Fsp3) is 0.143. The average Bonchev–Trinajstić information content (AvgIpc) is 2.93. The molecule has 3 rings (SSSR count). The topological polar surface area (TPSA) is 76.9 Å². The van der Waals surface area contributed by atoms with E-state index < -0.39 is 10.0 Å². The first kappa shape index (κ1) is 14.8. The maximum Gasteiger partial charge on any atom is 0.244 e. The summed E-state index contributed by atoms with van der Waals surface area (Å²) in [7, 11) is -1.96. The number of nitrogens with one attached hydrogen (secondary N) is 1. The predicted octanol–water partition coefficient (Wildman–Crippen LogP) is 2.50. The van der Waals surface area contributed by atoms with Gasteiger partial charge in [0.1, 0.15) is 5.15 Å². The van der Waals surface area contributed by atoms with E-state index in [-0.39, 0.29) is 22.5 Å². The van der Waals surface area contributed by atoms with E-state index in [4.69, 9.17) is 11.6 Å². The Bertz CT molecular complexity index is 923. The van der Waals surface area contributed by atoms with E-state index in [0.29, 0.717) is 10.9 Å². The van der Waals surface area contributed by atoms with Crippen molar-refractivity contribution in [2.24, 2.45) is 0 Å². The molecule has 1 aromatic carbocycles. The van der Waals surface area contributed by atoms with Crippen LogP contribution in [0.3, 0.4) is 0 Å². The number of benzene rings is 1. The van der Waals surface area contributed by atoms with Crippen LogP contribution in [0.25, 0.3) is 11.0 Å². The van der Waals surface area contributed by atoms with Crippen LogP contribution >= 0.6 is 11.6 Å². The minimum absolute atomic E-state index is 0.117. The van der Waals surface area contributed by atoms with Crippen LogP contribution < -0.4 is 5.32 Å². The third-order valence-corrected chi connectivity index (χ3v) is 5.06. The van der Waals surface area contributed by atoms with Gasteiger partial charge in [0.15, 0.2) is 5.65 Å². The molecule has 0 fully saturated rings. The summed E-state index contributed by atoms with van der Waals surface area (Å²) in [4.78, 5) is 8.23. The molecule has 0 radical (unpaired) electrons. The second-order valence-electron chi connectivity index (χ2n) is 4.68. The molecule has 0 amide bonds. The molecule has 2 heterocycles. The first-order chi connectivity index (χ1) is 10.5. The van der Waals surface area contributed by atoms with Gasteiger partial charge in [-0.25, -0.2) is 17.4 Å². The van der Waals surface area contributed by atoms with E-state index in [9.17, 15) is 8.42 Å². The Morgan fingerprint density at radius 1 is 1.18 bits per heavy atom. The van der Waals surface area contributed by atoms with Crippen LogP contribution in [0, 0.1) is 0 Å². The van der Waals surface area contributed by atoms with E-state index in [2.05, 4.69) is 15.3 Å². The molecule has 3 aromatic rings. The lowest BCUT2D eigenvalue weighted by Crippen LogP contribution is -2.15. The maximum atomic E-state index is 12.6. The van der Waals surface area contributed by atoms with Gasteiger partial charge >= 0.3 is 0 Å². The number of hydrogen-bond acceptors (Lipinski definition) is 5. The molecule has 114 valence electrons. The molecule has 1 N–H and O–H groups in total. The quantitative estimate of drug-likeness (QED) is 0.741. The summed E-state index contributed by atoms with van der Waals surface area (Å²) in [6.07, 6.45) is 1.45. The first-order valence-corrected chi connectivity index (χ1v) is 8.49. The van der Waals surface area contributed by atoms with Gasteiger partial charge in [-0.3, -0.25) is 0 Å². The summed E-state index contributed by atoms with van der Waals surface area (Å²) in [6, 6.07) is 10.6. The Hall–Kier alpha value is -2.12. The molecular weight excluding hydrogens is 324 g/mol.